The lowest BCUT2D eigenvalue weighted by Crippen LogP contribution is -2.38. The van der Waals surface area contributed by atoms with Crippen molar-refractivity contribution in [2.45, 2.75) is 18.8 Å². The van der Waals surface area contributed by atoms with Crippen molar-refractivity contribution in [1.82, 2.24) is 9.88 Å². The zero-order valence-electron chi connectivity index (χ0n) is 14.3. The molecule has 0 aliphatic carbocycles. The van der Waals surface area contributed by atoms with Crippen molar-refractivity contribution in [2.75, 3.05) is 13.1 Å². The number of phenols is 1. The van der Waals surface area contributed by atoms with Gasteiger partial charge >= 0.3 is 0 Å². The van der Waals surface area contributed by atoms with E-state index < -0.39 is 0 Å². The number of thiazole rings is 1. The molecular formula is C21H20N2O2S. The van der Waals surface area contributed by atoms with E-state index in [1.54, 1.807) is 12.1 Å². The first-order chi connectivity index (χ1) is 12.7. The maximum absolute atomic E-state index is 12.8. The molecule has 1 amide bonds. The van der Waals surface area contributed by atoms with Crippen LogP contribution in [0.2, 0.25) is 0 Å². The predicted molar refractivity (Wildman–Crippen MR) is 104 cm³/mol. The van der Waals surface area contributed by atoms with Crippen LogP contribution >= 0.6 is 11.3 Å². The van der Waals surface area contributed by atoms with E-state index in [0.717, 1.165) is 36.5 Å². The van der Waals surface area contributed by atoms with Crippen LogP contribution in [0.5, 0.6) is 5.75 Å². The average molecular weight is 364 g/mol. The van der Waals surface area contributed by atoms with E-state index in [1.165, 1.54) is 16.9 Å². The SMILES string of the molecule is O=C(c1csc(-c2ccccc2)n1)N1CCC(c2ccc(O)cc2)CC1. The van der Waals surface area contributed by atoms with Gasteiger partial charge in [0.2, 0.25) is 0 Å². The number of nitrogens with zero attached hydrogens (tertiary/aromatic N) is 2. The van der Waals surface area contributed by atoms with Crippen molar-refractivity contribution in [2.24, 2.45) is 0 Å². The standard InChI is InChI=1S/C21H20N2O2S/c24-18-8-6-15(7-9-18)16-10-12-23(13-11-16)21(25)19-14-26-20(22-19)17-4-2-1-3-5-17/h1-9,14,16,24H,10-13H2. The second kappa shape index (κ2) is 7.30. The van der Waals surface area contributed by atoms with Crippen molar-refractivity contribution in [3.05, 3.63) is 71.2 Å². The molecule has 2 heterocycles. The molecule has 2 aromatic carbocycles. The van der Waals surface area contributed by atoms with Crippen molar-refractivity contribution in [3.63, 3.8) is 0 Å². The summed E-state index contributed by atoms with van der Waals surface area (Å²) in [5.41, 5.74) is 2.81. The summed E-state index contributed by atoms with van der Waals surface area (Å²) in [5.74, 6) is 0.752. The molecule has 1 saturated heterocycles. The van der Waals surface area contributed by atoms with E-state index >= 15 is 0 Å². The molecule has 1 aliphatic rings. The maximum Gasteiger partial charge on any atom is 0.273 e. The molecule has 1 N–H and O–H groups in total. The van der Waals surface area contributed by atoms with Gasteiger partial charge in [-0.05, 0) is 36.5 Å². The number of benzene rings is 2. The van der Waals surface area contributed by atoms with Crippen molar-refractivity contribution in [1.29, 1.82) is 0 Å². The number of phenolic OH excluding ortho intramolecular Hbond substituents is 1. The van der Waals surface area contributed by atoms with Crippen LogP contribution in [0.15, 0.2) is 60.0 Å². The number of piperidine rings is 1. The van der Waals surface area contributed by atoms with Gasteiger partial charge in [0.05, 0.1) is 0 Å². The van der Waals surface area contributed by atoms with Crippen LogP contribution < -0.4 is 0 Å². The van der Waals surface area contributed by atoms with Crippen molar-refractivity contribution >= 4 is 17.2 Å². The van der Waals surface area contributed by atoms with Crippen LogP contribution in [0.4, 0.5) is 0 Å². The van der Waals surface area contributed by atoms with Gasteiger partial charge in [-0.3, -0.25) is 4.79 Å². The molecule has 26 heavy (non-hydrogen) atoms. The summed E-state index contributed by atoms with van der Waals surface area (Å²) >= 11 is 1.51. The molecular weight excluding hydrogens is 344 g/mol. The number of hydrogen-bond donors (Lipinski definition) is 1. The fourth-order valence-corrected chi connectivity index (χ4v) is 4.21. The number of carbonyl (C=O) groups excluding carboxylic acids is 1. The van der Waals surface area contributed by atoms with Crippen molar-refractivity contribution in [3.8, 4) is 16.3 Å². The Morgan fingerprint density at radius 2 is 1.73 bits per heavy atom. The Kier molecular flexibility index (Phi) is 4.71. The minimum atomic E-state index is 0.0209. The minimum Gasteiger partial charge on any atom is -0.508 e. The lowest BCUT2D eigenvalue weighted by molar-refractivity contribution is 0.0708. The Morgan fingerprint density at radius 1 is 1.04 bits per heavy atom. The Balaban J connectivity index is 1.41. The smallest absolute Gasteiger partial charge is 0.273 e. The van der Waals surface area contributed by atoms with Gasteiger partial charge in [0.25, 0.3) is 5.91 Å². The topological polar surface area (TPSA) is 53.4 Å². The molecule has 0 saturated carbocycles. The number of hydrogen-bond acceptors (Lipinski definition) is 4. The van der Waals surface area contributed by atoms with Crippen LogP contribution in [-0.2, 0) is 0 Å². The summed E-state index contributed by atoms with van der Waals surface area (Å²) in [4.78, 5) is 19.2. The van der Waals surface area contributed by atoms with Gasteiger partial charge in [-0.2, -0.15) is 0 Å². The molecule has 4 nitrogen and oxygen atoms in total. The molecule has 3 aromatic rings. The summed E-state index contributed by atoms with van der Waals surface area (Å²) in [6.45, 7) is 1.48. The second-order valence-corrected chi connectivity index (χ2v) is 7.42. The number of aromatic nitrogens is 1. The molecule has 0 unspecified atom stereocenters. The number of amides is 1. The summed E-state index contributed by atoms with van der Waals surface area (Å²) in [5, 5.41) is 12.2. The fourth-order valence-electron chi connectivity index (χ4n) is 3.41. The average Bonchev–Trinajstić information content (AvgIpc) is 3.19. The number of likely N-dealkylation sites (tertiary alicyclic amines) is 1. The van der Waals surface area contributed by atoms with Gasteiger partial charge in [-0.1, -0.05) is 42.5 Å². The second-order valence-electron chi connectivity index (χ2n) is 6.56. The van der Waals surface area contributed by atoms with Crippen LogP contribution in [0.1, 0.15) is 34.8 Å². The van der Waals surface area contributed by atoms with E-state index in [-0.39, 0.29) is 5.91 Å². The Morgan fingerprint density at radius 3 is 2.42 bits per heavy atom. The first kappa shape index (κ1) is 16.8. The molecule has 1 fully saturated rings. The first-order valence-corrected chi connectivity index (χ1v) is 9.68. The highest BCUT2D eigenvalue weighted by atomic mass is 32.1. The number of aromatic hydroxyl groups is 1. The van der Waals surface area contributed by atoms with Gasteiger partial charge in [-0.25, -0.2) is 4.98 Å². The molecule has 0 spiro atoms. The van der Waals surface area contributed by atoms with E-state index in [4.69, 9.17) is 0 Å². The first-order valence-electron chi connectivity index (χ1n) is 8.80. The maximum atomic E-state index is 12.8. The monoisotopic (exact) mass is 364 g/mol. The minimum absolute atomic E-state index is 0.0209. The van der Waals surface area contributed by atoms with Gasteiger partial charge in [0.1, 0.15) is 16.5 Å². The molecule has 132 valence electrons. The quantitative estimate of drug-likeness (QED) is 0.742. The molecule has 0 bridgehead atoms. The highest BCUT2D eigenvalue weighted by Crippen LogP contribution is 2.30. The van der Waals surface area contributed by atoms with Crippen LogP contribution in [0.3, 0.4) is 0 Å². The third-order valence-corrected chi connectivity index (χ3v) is 5.78. The van der Waals surface area contributed by atoms with E-state index in [0.29, 0.717) is 17.4 Å². The third kappa shape index (κ3) is 3.48. The van der Waals surface area contributed by atoms with Gasteiger partial charge < -0.3 is 10.0 Å². The highest BCUT2D eigenvalue weighted by molar-refractivity contribution is 7.13. The lowest BCUT2D eigenvalue weighted by atomic mass is 9.89. The van der Waals surface area contributed by atoms with E-state index in [2.05, 4.69) is 4.98 Å². The third-order valence-electron chi connectivity index (χ3n) is 4.89. The predicted octanol–water partition coefficient (Wildman–Crippen LogP) is 4.54. The molecule has 1 aromatic heterocycles. The van der Waals surface area contributed by atoms with Crippen LogP contribution in [-0.4, -0.2) is 34.0 Å². The molecule has 5 heteroatoms. The molecule has 0 radical (unpaired) electrons. The fraction of sp³-hybridized carbons (Fsp3) is 0.238. The van der Waals surface area contributed by atoms with Crippen molar-refractivity contribution < 1.29 is 9.90 Å². The zero-order valence-corrected chi connectivity index (χ0v) is 15.2. The summed E-state index contributed by atoms with van der Waals surface area (Å²) in [7, 11) is 0. The molecule has 4 rings (SSSR count). The van der Waals surface area contributed by atoms with Crippen LogP contribution in [0.25, 0.3) is 10.6 Å². The van der Waals surface area contributed by atoms with E-state index in [9.17, 15) is 9.90 Å². The van der Waals surface area contributed by atoms with Crippen LogP contribution in [0, 0.1) is 0 Å². The number of carbonyl (C=O) groups is 1. The summed E-state index contributed by atoms with van der Waals surface area (Å²) in [6, 6.07) is 17.4. The van der Waals surface area contributed by atoms with Gasteiger partial charge in [-0.15, -0.1) is 11.3 Å². The van der Waals surface area contributed by atoms with Gasteiger partial charge in [0.15, 0.2) is 0 Å². The molecule has 0 atom stereocenters. The normalized spacial score (nSPS) is 15.2. The summed E-state index contributed by atoms with van der Waals surface area (Å²) in [6.07, 6.45) is 1.87. The lowest BCUT2D eigenvalue weighted by Gasteiger charge is -2.31. The zero-order chi connectivity index (χ0) is 17.9. The Bertz CT molecular complexity index is 882. The largest absolute Gasteiger partial charge is 0.508 e. The number of rotatable bonds is 3. The highest BCUT2D eigenvalue weighted by Gasteiger charge is 2.26. The Labute approximate surface area is 156 Å². The van der Waals surface area contributed by atoms with E-state index in [1.807, 2.05) is 52.7 Å². The summed E-state index contributed by atoms with van der Waals surface area (Å²) < 4.78 is 0. The van der Waals surface area contributed by atoms with Gasteiger partial charge in [0, 0.05) is 24.0 Å². The molecule has 1 aliphatic heterocycles. The Hall–Kier alpha value is -2.66.